The molecule has 172 valence electrons. The van der Waals surface area contributed by atoms with Gasteiger partial charge in [-0.2, -0.15) is 0 Å². The van der Waals surface area contributed by atoms with E-state index in [1.165, 1.54) is 4.57 Å². The lowest BCUT2D eigenvalue weighted by Crippen LogP contribution is -2.26. The Balaban J connectivity index is 1.33. The molecule has 1 amide bonds. The Kier molecular flexibility index (Phi) is 7.34. The highest BCUT2D eigenvalue weighted by molar-refractivity contribution is 7.71. The van der Waals surface area contributed by atoms with E-state index >= 15 is 0 Å². The minimum atomic E-state index is -0.209. The minimum absolute atomic E-state index is 0.207. The van der Waals surface area contributed by atoms with Crippen molar-refractivity contribution in [3.63, 3.8) is 0 Å². The summed E-state index contributed by atoms with van der Waals surface area (Å²) in [4.78, 5) is 28.3. The summed E-state index contributed by atoms with van der Waals surface area (Å²) in [6.45, 7) is 4.98. The van der Waals surface area contributed by atoms with Gasteiger partial charge >= 0.3 is 0 Å². The second kappa shape index (κ2) is 10.8. The van der Waals surface area contributed by atoms with Gasteiger partial charge in [-0.1, -0.05) is 48.5 Å². The summed E-state index contributed by atoms with van der Waals surface area (Å²) in [6.07, 6.45) is 2.30. The molecule has 0 spiro atoms. The number of carbonyl (C=O) groups is 1. The third kappa shape index (κ3) is 5.50. The molecule has 0 atom stereocenters. The van der Waals surface area contributed by atoms with Gasteiger partial charge in [-0.15, -0.1) is 6.58 Å². The van der Waals surface area contributed by atoms with Gasteiger partial charge in [0, 0.05) is 18.7 Å². The zero-order valence-corrected chi connectivity index (χ0v) is 19.4. The largest absolute Gasteiger partial charge is 0.489 e. The number of hydrogen-bond acceptors (Lipinski definition) is 4. The Bertz CT molecular complexity index is 1420. The average Bonchev–Trinajstić information content (AvgIpc) is 2.86. The summed E-state index contributed by atoms with van der Waals surface area (Å²) < 4.78 is 7.54. The summed E-state index contributed by atoms with van der Waals surface area (Å²) in [5.74, 6) is 0.594. The number of ether oxygens (including phenoxy) is 1. The molecule has 4 rings (SSSR count). The van der Waals surface area contributed by atoms with Crippen molar-refractivity contribution in [3.8, 4) is 5.75 Å². The number of nitrogens with zero attached hydrogens (tertiary/aromatic N) is 1. The summed E-state index contributed by atoms with van der Waals surface area (Å²) in [5, 5.41) is 3.40. The fraction of sp³-hybridized carbons (Fsp3) is 0.148. The fourth-order valence-corrected chi connectivity index (χ4v) is 3.87. The molecular formula is C27H25N3O3S. The van der Waals surface area contributed by atoms with Gasteiger partial charge < -0.3 is 15.0 Å². The van der Waals surface area contributed by atoms with Crippen molar-refractivity contribution in [1.29, 1.82) is 0 Å². The van der Waals surface area contributed by atoms with Gasteiger partial charge in [0.25, 0.3) is 11.5 Å². The Hall–Kier alpha value is -3.97. The number of fused-ring (bicyclic) bond motifs is 1. The summed E-state index contributed by atoms with van der Waals surface area (Å²) in [7, 11) is 0. The predicted octanol–water partition coefficient (Wildman–Crippen LogP) is 4.80. The Labute approximate surface area is 202 Å². The van der Waals surface area contributed by atoms with Gasteiger partial charge in [0.2, 0.25) is 0 Å². The van der Waals surface area contributed by atoms with Gasteiger partial charge in [-0.05, 0) is 60.1 Å². The number of H-pyrrole nitrogens is 1. The standard InChI is InChI=1S/C27H25N3O3S/c1-2-16-30-26(32)23-13-10-21(17-24(23)29-27(30)34)25(31)28-15-14-19-8-11-22(12-9-19)33-18-20-6-4-3-5-7-20/h2-13,17H,1,14-16,18H2,(H,28,31)(H,29,34). The molecule has 6 nitrogen and oxygen atoms in total. The molecule has 0 aliphatic rings. The first-order chi connectivity index (χ1) is 16.5. The van der Waals surface area contributed by atoms with Crippen LogP contribution in [0.2, 0.25) is 0 Å². The van der Waals surface area contributed by atoms with Gasteiger partial charge in [-0.25, -0.2) is 0 Å². The van der Waals surface area contributed by atoms with E-state index in [4.69, 9.17) is 17.0 Å². The molecule has 1 aromatic heterocycles. The zero-order valence-electron chi connectivity index (χ0n) is 18.6. The first kappa shape index (κ1) is 23.2. The molecule has 0 aliphatic heterocycles. The Morgan fingerprint density at radius 2 is 1.82 bits per heavy atom. The second-order valence-electron chi connectivity index (χ2n) is 7.82. The molecule has 2 N–H and O–H groups in total. The first-order valence-corrected chi connectivity index (χ1v) is 11.4. The molecule has 1 heterocycles. The number of allylic oxidation sites excluding steroid dienone is 1. The van der Waals surface area contributed by atoms with Crippen LogP contribution in [0.4, 0.5) is 0 Å². The topological polar surface area (TPSA) is 76.1 Å². The van der Waals surface area contributed by atoms with E-state index in [1.54, 1.807) is 24.3 Å². The van der Waals surface area contributed by atoms with Gasteiger partial charge in [0.05, 0.1) is 10.9 Å². The van der Waals surface area contributed by atoms with E-state index < -0.39 is 0 Å². The van der Waals surface area contributed by atoms with E-state index in [1.807, 2.05) is 54.6 Å². The molecular weight excluding hydrogens is 446 g/mol. The van der Waals surface area contributed by atoms with Crippen LogP contribution in [0.15, 0.2) is 90.2 Å². The highest BCUT2D eigenvalue weighted by Crippen LogP contribution is 2.15. The van der Waals surface area contributed by atoms with Crippen LogP contribution in [0.5, 0.6) is 5.75 Å². The normalized spacial score (nSPS) is 10.7. The summed E-state index contributed by atoms with van der Waals surface area (Å²) in [6, 6.07) is 22.8. The Morgan fingerprint density at radius 3 is 2.56 bits per heavy atom. The molecule has 3 aromatic carbocycles. The molecule has 4 aromatic rings. The molecule has 0 bridgehead atoms. The van der Waals surface area contributed by atoms with Gasteiger partial charge in [0.15, 0.2) is 4.77 Å². The lowest BCUT2D eigenvalue weighted by Gasteiger charge is -2.09. The highest BCUT2D eigenvalue weighted by atomic mass is 32.1. The number of hydrogen-bond donors (Lipinski definition) is 2. The molecule has 34 heavy (non-hydrogen) atoms. The van der Waals surface area contributed by atoms with Crippen LogP contribution in [0.25, 0.3) is 10.9 Å². The number of carbonyl (C=O) groups excluding carboxylic acids is 1. The molecule has 7 heteroatoms. The van der Waals surface area contributed by atoms with E-state index in [0.717, 1.165) is 16.9 Å². The minimum Gasteiger partial charge on any atom is -0.489 e. The maximum absolute atomic E-state index is 12.6. The number of aromatic nitrogens is 2. The lowest BCUT2D eigenvalue weighted by atomic mass is 10.1. The summed E-state index contributed by atoms with van der Waals surface area (Å²) >= 11 is 5.27. The monoisotopic (exact) mass is 471 g/mol. The van der Waals surface area contributed by atoms with E-state index in [9.17, 15) is 9.59 Å². The van der Waals surface area contributed by atoms with Crippen LogP contribution in [0.3, 0.4) is 0 Å². The third-order valence-corrected chi connectivity index (χ3v) is 5.75. The molecule has 0 saturated heterocycles. The zero-order chi connectivity index (χ0) is 23.9. The highest BCUT2D eigenvalue weighted by Gasteiger charge is 2.10. The van der Waals surface area contributed by atoms with Crippen molar-refractivity contribution in [2.45, 2.75) is 19.6 Å². The molecule has 0 saturated carbocycles. The van der Waals surface area contributed by atoms with E-state index in [0.29, 0.717) is 47.4 Å². The van der Waals surface area contributed by atoms with Crippen LogP contribution >= 0.6 is 12.2 Å². The summed E-state index contributed by atoms with van der Waals surface area (Å²) in [5.41, 5.74) is 3.00. The molecule has 0 aliphatic carbocycles. The molecule has 0 fully saturated rings. The maximum atomic E-state index is 12.6. The Morgan fingerprint density at radius 1 is 1.06 bits per heavy atom. The smallest absolute Gasteiger partial charge is 0.262 e. The van der Waals surface area contributed by atoms with Crippen molar-refractivity contribution in [2.24, 2.45) is 0 Å². The fourth-order valence-electron chi connectivity index (χ4n) is 3.61. The van der Waals surface area contributed by atoms with Gasteiger partial charge in [-0.3, -0.25) is 14.2 Å². The van der Waals surface area contributed by atoms with Crippen LogP contribution in [-0.4, -0.2) is 22.0 Å². The van der Waals surface area contributed by atoms with Crippen molar-refractivity contribution < 1.29 is 9.53 Å². The van der Waals surface area contributed by atoms with Crippen molar-refractivity contribution in [3.05, 3.63) is 117 Å². The van der Waals surface area contributed by atoms with Crippen LogP contribution in [0.1, 0.15) is 21.5 Å². The number of nitrogens with one attached hydrogen (secondary N) is 2. The number of aromatic amines is 1. The number of rotatable bonds is 9. The quantitative estimate of drug-likeness (QED) is 0.272. The van der Waals surface area contributed by atoms with Crippen LogP contribution in [0, 0.1) is 4.77 Å². The average molecular weight is 472 g/mol. The van der Waals surface area contributed by atoms with E-state index in [2.05, 4.69) is 16.9 Å². The molecule has 0 radical (unpaired) electrons. The maximum Gasteiger partial charge on any atom is 0.262 e. The van der Waals surface area contributed by atoms with Crippen LogP contribution in [-0.2, 0) is 19.6 Å². The van der Waals surface area contributed by atoms with Crippen molar-refractivity contribution in [1.82, 2.24) is 14.9 Å². The molecule has 0 unspecified atom stereocenters. The predicted molar refractivity (Wildman–Crippen MR) is 137 cm³/mol. The van der Waals surface area contributed by atoms with Crippen molar-refractivity contribution >= 4 is 29.0 Å². The van der Waals surface area contributed by atoms with E-state index in [-0.39, 0.29) is 11.5 Å². The second-order valence-corrected chi connectivity index (χ2v) is 8.21. The third-order valence-electron chi connectivity index (χ3n) is 5.43. The number of amides is 1. The lowest BCUT2D eigenvalue weighted by molar-refractivity contribution is 0.0954. The first-order valence-electron chi connectivity index (χ1n) is 11.0. The number of benzene rings is 3. The van der Waals surface area contributed by atoms with Crippen molar-refractivity contribution in [2.75, 3.05) is 6.54 Å². The SMILES string of the molecule is C=CCn1c(=S)[nH]c2cc(C(=O)NCCc3ccc(OCc4ccccc4)cc3)ccc2c1=O. The van der Waals surface area contributed by atoms with Crippen LogP contribution < -0.4 is 15.6 Å². The van der Waals surface area contributed by atoms with Gasteiger partial charge in [0.1, 0.15) is 12.4 Å².